The molecule has 1 aliphatic heterocycles. The van der Waals surface area contributed by atoms with Crippen molar-refractivity contribution < 1.29 is 19.2 Å². The van der Waals surface area contributed by atoms with Gasteiger partial charge in [0.25, 0.3) is 0 Å². The lowest BCUT2D eigenvalue weighted by molar-refractivity contribution is -0.384. The lowest BCUT2D eigenvalue weighted by Gasteiger charge is -2.35. The number of ether oxygens (including phenoxy) is 2. The van der Waals surface area contributed by atoms with Crippen LogP contribution in [0.3, 0.4) is 0 Å². The first-order valence-electron chi connectivity index (χ1n) is 14.7. The van der Waals surface area contributed by atoms with E-state index in [0.29, 0.717) is 36.3 Å². The van der Waals surface area contributed by atoms with Crippen LogP contribution < -0.4 is 5.32 Å². The van der Waals surface area contributed by atoms with Crippen LogP contribution in [0.2, 0.25) is 25.7 Å². The molecular formula is C30H45N7O5Si. The van der Waals surface area contributed by atoms with E-state index in [1.807, 2.05) is 64.6 Å². The molecule has 234 valence electrons. The smallest absolute Gasteiger partial charge is 0.411 e. The van der Waals surface area contributed by atoms with E-state index < -0.39 is 30.7 Å². The van der Waals surface area contributed by atoms with Crippen LogP contribution in [0.4, 0.5) is 16.2 Å². The molecule has 43 heavy (non-hydrogen) atoms. The second-order valence-corrected chi connectivity index (χ2v) is 19.2. The Balaban J connectivity index is 2.04. The number of nitrogens with one attached hydrogen (secondary N) is 1. The summed E-state index contributed by atoms with van der Waals surface area (Å²) in [6, 6.07) is 0.390. The van der Waals surface area contributed by atoms with E-state index in [4.69, 9.17) is 9.47 Å². The third-order valence-electron chi connectivity index (χ3n) is 7.08. The fourth-order valence-corrected chi connectivity index (χ4v) is 5.95. The largest absolute Gasteiger partial charge is 0.444 e. The van der Waals surface area contributed by atoms with Crippen LogP contribution in [0.1, 0.15) is 52.6 Å². The van der Waals surface area contributed by atoms with Crippen molar-refractivity contribution in [3.8, 4) is 11.3 Å². The van der Waals surface area contributed by atoms with Gasteiger partial charge in [-0.25, -0.2) is 9.78 Å². The van der Waals surface area contributed by atoms with Crippen molar-refractivity contribution in [1.82, 2.24) is 24.2 Å². The lowest BCUT2D eigenvalue weighted by atomic mass is 9.94. The normalized spacial score (nSPS) is 15.9. The number of pyridine rings is 1. The first kappa shape index (κ1) is 32.2. The summed E-state index contributed by atoms with van der Waals surface area (Å²) < 4.78 is 15.8. The maximum absolute atomic E-state index is 13.6. The highest BCUT2D eigenvalue weighted by atomic mass is 28.3. The van der Waals surface area contributed by atoms with E-state index >= 15 is 0 Å². The number of amides is 1. The van der Waals surface area contributed by atoms with Crippen LogP contribution in [0.25, 0.3) is 22.3 Å². The second-order valence-electron chi connectivity index (χ2n) is 13.6. The van der Waals surface area contributed by atoms with Crippen molar-refractivity contribution in [1.29, 1.82) is 0 Å². The van der Waals surface area contributed by atoms with Gasteiger partial charge >= 0.3 is 11.8 Å². The molecule has 4 heterocycles. The predicted octanol–water partition coefficient (Wildman–Crippen LogP) is 6.72. The van der Waals surface area contributed by atoms with E-state index in [0.717, 1.165) is 22.9 Å². The number of hydrogen-bond acceptors (Lipinski definition) is 8. The van der Waals surface area contributed by atoms with Crippen molar-refractivity contribution >= 4 is 36.6 Å². The zero-order chi connectivity index (χ0) is 31.7. The molecule has 0 aliphatic carbocycles. The number of carbonyl (C=O) groups is 1. The Hall–Kier alpha value is -3.71. The molecular weight excluding hydrogens is 566 g/mol. The Morgan fingerprint density at radius 2 is 1.95 bits per heavy atom. The highest BCUT2D eigenvalue weighted by molar-refractivity contribution is 6.76. The van der Waals surface area contributed by atoms with Gasteiger partial charge in [0.1, 0.15) is 29.9 Å². The average Bonchev–Trinajstić information content (AvgIpc) is 3.45. The quantitative estimate of drug-likeness (QED) is 0.0880. The van der Waals surface area contributed by atoms with Gasteiger partial charge in [-0.2, -0.15) is 5.10 Å². The van der Waals surface area contributed by atoms with Gasteiger partial charge in [-0.15, -0.1) is 0 Å². The number of carbonyl (C=O) groups excluding carboxylic acids is 1. The second kappa shape index (κ2) is 12.5. The summed E-state index contributed by atoms with van der Waals surface area (Å²) in [5.41, 5.74) is 2.36. The number of aromatic nitrogens is 4. The third kappa shape index (κ3) is 7.45. The summed E-state index contributed by atoms with van der Waals surface area (Å²) in [6.45, 7) is 17.4. The first-order valence-corrected chi connectivity index (χ1v) is 18.5. The molecule has 0 radical (unpaired) electrons. The maximum Gasteiger partial charge on any atom is 0.411 e. The summed E-state index contributed by atoms with van der Waals surface area (Å²) >= 11 is 0. The maximum atomic E-state index is 13.6. The average molecular weight is 612 g/mol. The van der Waals surface area contributed by atoms with Crippen molar-refractivity contribution in [2.75, 3.05) is 18.5 Å². The minimum atomic E-state index is -1.35. The Labute approximate surface area is 254 Å². The molecule has 1 aliphatic rings. The van der Waals surface area contributed by atoms with Crippen LogP contribution in [0.5, 0.6) is 0 Å². The first-order chi connectivity index (χ1) is 20.1. The summed E-state index contributed by atoms with van der Waals surface area (Å²) in [5, 5.41) is 20.7. The summed E-state index contributed by atoms with van der Waals surface area (Å²) in [7, 11) is 0.491. The molecule has 0 spiro atoms. The van der Waals surface area contributed by atoms with Crippen LogP contribution in [-0.4, -0.2) is 68.1 Å². The molecule has 1 unspecified atom stereocenters. The fourth-order valence-electron chi connectivity index (χ4n) is 5.20. The van der Waals surface area contributed by atoms with Gasteiger partial charge in [0.15, 0.2) is 0 Å². The topological polar surface area (TPSA) is 130 Å². The Morgan fingerprint density at radius 3 is 2.53 bits per heavy atom. The van der Waals surface area contributed by atoms with Crippen LogP contribution in [0, 0.1) is 10.1 Å². The van der Waals surface area contributed by atoms with Gasteiger partial charge < -0.3 is 19.4 Å². The zero-order valence-electron chi connectivity index (χ0n) is 26.8. The van der Waals surface area contributed by atoms with Crippen LogP contribution in [-0.2, 0) is 23.3 Å². The standard InChI is InChI=1S/C30H45N7O5Si/c1-20(2)33-26-23(37(39)40)17-31-28-25(26)24(22-12-10-11-13-35(22)29(38)42-30(3,4)5)27(21-16-32-34(6)18-21)36(28)19-41-14-15-43(7,8)9/h10-11,16-18,20,22H,12-15,19H2,1-9H3,(H,31,33). The van der Waals surface area contributed by atoms with E-state index in [-0.39, 0.29) is 18.5 Å². The molecule has 4 rings (SSSR count). The summed E-state index contributed by atoms with van der Waals surface area (Å²) in [6.07, 6.45) is 8.97. The van der Waals surface area contributed by atoms with E-state index in [2.05, 4.69) is 35.0 Å². The molecule has 3 aromatic rings. The number of hydrogen-bond donors (Lipinski definition) is 1. The third-order valence-corrected chi connectivity index (χ3v) is 8.78. The molecule has 0 saturated carbocycles. The number of anilines is 1. The molecule has 12 nitrogen and oxygen atoms in total. The van der Waals surface area contributed by atoms with Crippen molar-refractivity contribution in [3.05, 3.63) is 46.4 Å². The molecule has 13 heteroatoms. The Kier molecular flexibility index (Phi) is 9.35. The summed E-state index contributed by atoms with van der Waals surface area (Å²) in [5.74, 6) is 0. The Morgan fingerprint density at radius 1 is 1.23 bits per heavy atom. The van der Waals surface area contributed by atoms with Crippen molar-refractivity contribution in [2.24, 2.45) is 7.05 Å². The molecule has 3 aromatic heterocycles. The molecule has 1 atom stereocenters. The molecule has 1 amide bonds. The van der Waals surface area contributed by atoms with Crippen LogP contribution >= 0.6 is 0 Å². The van der Waals surface area contributed by atoms with Crippen LogP contribution in [0.15, 0.2) is 30.7 Å². The van der Waals surface area contributed by atoms with Gasteiger partial charge in [0, 0.05) is 51.6 Å². The molecule has 0 saturated heterocycles. The van der Waals surface area contributed by atoms with Crippen molar-refractivity contribution in [3.63, 3.8) is 0 Å². The van der Waals surface area contributed by atoms with Gasteiger partial charge in [-0.3, -0.25) is 19.7 Å². The Bertz CT molecular complexity index is 1510. The molecule has 0 bridgehead atoms. The highest BCUT2D eigenvalue weighted by Gasteiger charge is 2.37. The molecule has 1 N–H and O–H groups in total. The SMILES string of the molecule is CC(C)Nc1c([N+](=O)[O-])cnc2c1c(C1CC=CCN1C(=O)OC(C)(C)C)c(-c1cnn(C)c1)n2COCC[Si](C)(C)C. The van der Waals surface area contributed by atoms with Gasteiger partial charge in [-0.05, 0) is 47.1 Å². The summed E-state index contributed by atoms with van der Waals surface area (Å²) in [4.78, 5) is 31.9. The fraction of sp³-hybridized carbons (Fsp3) is 0.567. The number of nitro groups is 1. The highest BCUT2D eigenvalue weighted by Crippen LogP contribution is 2.47. The number of fused-ring (bicyclic) bond motifs is 1. The van der Waals surface area contributed by atoms with E-state index in [1.54, 1.807) is 15.8 Å². The zero-order valence-corrected chi connectivity index (χ0v) is 27.8. The van der Waals surface area contributed by atoms with Gasteiger partial charge in [-0.1, -0.05) is 31.8 Å². The monoisotopic (exact) mass is 611 g/mol. The van der Waals surface area contributed by atoms with E-state index in [1.165, 1.54) is 6.20 Å². The number of rotatable bonds is 10. The minimum Gasteiger partial charge on any atom is -0.444 e. The predicted molar refractivity (Wildman–Crippen MR) is 171 cm³/mol. The lowest BCUT2D eigenvalue weighted by Crippen LogP contribution is -2.40. The van der Waals surface area contributed by atoms with Crippen molar-refractivity contribution in [2.45, 2.75) is 91.1 Å². The minimum absolute atomic E-state index is 0.108. The van der Waals surface area contributed by atoms with Gasteiger partial charge in [0.2, 0.25) is 0 Å². The van der Waals surface area contributed by atoms with E-state index in [9.17, 15) is 14.9 Å². The number of nitrogens with zero attached hydrogens (tertiary/aromatic N) is 6. The molecule has 0 aromatic carbocycles. The number of aryl methyl sites for hydroxylation is 1. The van der Waals surface area contributed by atoms with Gasteiger partial charge in [0.05, 0.1) is 28.2 Å². The molecule has 0 fully saturated rings.